The Morgan fingerprint density at radius 3 is 2.00 bits per heavy atom. The van der Waals surface area contributed by atoms with E-state index < -0.39 is 23.6 Å². The molecule has 0 spiro atoms. The van der Waals surface area contributed by atoms with E-state index in [1.807, 2.05) is 0 Å². The zero-order chi connectivity index (χ0) is 9.35. The number of hydrogen-bond acceptors (Lipinski definition) is 4. The maximum Gasteiger partial charge on any atom is 0.335 e. The quantitative estimate of drug-likeness (QED) is 0.371. The molecule has 1 rings (SSSR count). The molecular weight excluding hydrogens is 166 g/mol. The predicted octanol–water partition coefficient (Wildman–Crippen LogP) is -1.75. The van der Waals surface area contributed by atoms with Gasteiger partial charge in [0.2, 0.25) is 5.54 Å². The van der Waals surface area contributed by atoms with Gasteiger partial charge in [-0.25, -0.2) is 9.59 Å². The van der Waals surface area contributed by atoms with Crippen molar-refractivity contribution in [2.45, 2.75) is 18.1 Å². The Labute approximate surface area is 67.8 Å². The highest BCUT2D eigenvalue weighted by atomic mass is 16.4. The van der Waals surface area contributed by atoms with Crippen LogP contribution in [-0.4, -0.2) is 45.4 Å². The van der Waals surface area contributed by atoms with Crippen molar-refractivity contribution < 1.29 is 24.9 Å². The molecular formula is C6H9NO5. The van der Waals surface area contributed by atoms with Crippen LogP contribution in [0.1, 0.15) is 6.42 Å². The van der Waals surface area contributed by atoms with Crippen molar-refractivity contribution in [3.8, 4) is 0 Å². The summed E-state index contributed by atoms with van der Waals surface area (Å²) in [6, 6.07) is 0. The minimum Gasteiger partial charge on any atom is -0.479 e. The number of β-amino-alcohol motifs (C(OH)–C–C–N with tert-alkyl or cyclic N) is 1. The summed E-state index contributed by atoms with van der Waals surface area (Å²) in [4.78, 5) is 21.1. The molecule has 0 aliphatic carbocycles. The van der Waals surface area contributed by atoms with E-state index in [1.54, 1.807) is 0 Å². The molecule has 1 fully saturated rings. The monoisotopic (exact) mass is 175 g/mol. The average molecular weight is 175 g/mol. The molecule has 0 saturated carbocycles. The van der Waals surface area contributed by atoms with Crippen LogP contribution < -0.4 is 5.32 Å². The maximum atomic E-state index is 10.6. The highest BCUT2D eigenvalue weighted by Crippen LogP contribution is 2.20. The first kappa shape index (κ1) is 8.95. The topological polar surface area (TPSA) is 107 Å². The molecule has 6 nitrogen and oxygen atoms in total. The fourth-order valence-corrected chi connectivity index (χ4v) is 1.21. The van der Waals surface area contributed by atoms with Gasteiger partial charge in [0.1, 0.15) is 0 Å². The van der Waals surface area contributed by atoms with Crippen LogP contribution in [0, 0.1) is 0 Å². The lowest BCUT2D eigenvalue weighted by atomic mass is 9.97. The van der Waals surface area contributed by atoms with Crippen LogP contribution in [-0.2, 0) is 9.59 Å². The Balaban J connectivity index is 2.89. The average Bonchev–Trinajstić information content (AvgIpc) is 2.32. The number of carbonyl (C=O) groups is 2. The van der Waals surface area contributed by atoms with Gasteiger partial charge in [0, 0.05) is 13.0 Å². The third kappa shape index (κ3) is 1.15. The minimum absolute atomic E-state index is 0.00139. The molecule has 0 aromatic heterocycles. The summed E-state index contributed by atoms with van der Waals surface area (Å²) in [6.07, 6.45) is -1.20. The van der Waals surface area contributed by atoms with E-state index in [2.05, 4.69) is 5.32 Å². The van der Waals surface area contributed by atoms with E-state index in [9.17, 15) is 9.59 Å². The van der Waals surface area contributed by atoms with Crippen LogP contribution in [0.2, 0.25) is 0 Å². The highest BCUT2D eigenvalue weighted by Gasteiger charge is 2.51. The van der Waals surface area contributed by atoms with Gasteiger partial charge in [-0.05, 0) is 0 Å². The first-order valence-electron chi connectivity index (χ1n) is 3.39. The van der Waals surface area contributed by atoms with Crippen LogP contribution in [0.3, 0.4) is 0 Å². The van der Waals surface area contributed by atoms with E-state index in [0.29, 0.717) is 0 Å². The van der Waals surface area contributed by atoms with E-state index in [1.165, 1.54) is 0 Å². The van der Waals surface area contributed by atoms with Gasteiger partial charge in [-0.3, -0.25) is 5.32 Å². The third-order valence-corrected chi connectivity index (χ3v) is 1.91. The van der Waals surface area contributed by atoms with Crippen molar-refractivity contribution in [2.75, 3.05) is 6.54 Å². The number of carboxylic acids is 2. The summed E-state index contributed by atoms with van der Waals surface area (Å²) in [5, 5.41) is 28.4. The van der Waals surface area contributed by atoms with Crippen molar-refractivity contribution in [1.82, 2.24) is 5.32 Å². The van der Waals surface area contributed by atoms with Gasteiger partial charge in [0.05, 0.1) is 6.10 Å². The predicted molar refractivity (Wildman–Crippen MR) is 36.6 cm³/mol. The molecule has 0 unspecified atom stereocenters. The number of hydrogen-bond donors (Lipinski definition) is 4. The fourth-order valence-electron chi connectivity index (χ4n) is 1.21. The van der Waals surface area contributed by atoms with E-state index >= 15 is 0 Å². The maximum absolute atomic E-state index is 10.6. The summed E-state index contributed by atoms with van der Waals surface area (Å²) in [5.74, 6) is -2.93. The first-order chi connectivity index (χ1) is 5.49. The van der Waals surface area contributed by atoms with E-state index in [0.717, 1.165) is 0 Å². The molecule has 4 N–H and O–H groups in total. The second kappa shape index (κ2) is 2.72. The van der Waals surface area contributed by atoms with Gasteiger partial charge in [-0.15, -0.1) is 0 Å². The molecule has 12 heavy (non-hydrogen) atoms. The van der Waals surface area contributed by atoms with Crippen molar-refractivity contribution >= 4 is 11.9 Å². The number of aliphatic hydroxyl groups is 1. The molecule has 0 radical (unpaired) electrons. The zero-order valence-corrected chi connectivity index (χ0v) is 6.15. The molecule has 1 aliphatic heterocycles. The molecule has 1 saturated heterocycles. The van der Waals surface area contributed by atoms with Gasteiger partial charge in [-0.1, -0.05) is 0 Å². The molecule has 0 aromatic carbocycles. The summed E-state index contributed by atoms with van der Waals surface area (Å²) in [6.45, 7) is -0.00139. The number of aliphatic hydroxyl groups excluding tert-OH is 1. The summed E-state index contributed by atoms with van der Waals surface area (Å²) < 4.78 is 0. The number of carboxylic acid groups (broad SMARTS) is 2. The molecule has 1 aliphatic rings. The SMILES string of the molecule is O=C(O)C1(C(=O)O)C[C@@H](O)CN1. The molecule has 1 atom stereocenters. The van der Waals surface area contributed by atoms with Crippen molar-refractivity contribution in [3.63, 3.8) is 0 Å². The third-order valence-electron chi connectivity index (χ3n) is 1.91. The number of rotatable bonds is 2. The standard InChI is InChI=1S/C6H9NO5/c8-3-1-6(4(9)10,5(11)12)7-2-3/h3,7-8H,1-2H2,(H,9,10)(H,11,12)/t3-/m1/s1. The lowest BCUT2D eigenvalue weighted by Gasteiger charge is -2.17. The van der Waals surface area contributed by atoms with E-state index in [4.69, 9.17) is 15.3 Å². The van der Waals surface area contributed by atoms with Gasteiger partial charge in [-0.2, -0.15) is 0 Å². The Hall–Kier alpha value is -1.14. The molecule has 0 amide bonds. The van der Waals surface area contributed by atoms with Crippen LogP contribution >= 0.6 is 0 Å². The lowest BCUT2D eigenvalue weighted by molar-refractivity contribution is -0.158. The van der Waals surface area contributed by atoms with Gasteiger partial charge >= 0.3 is 11.9 Å². The van der Waals surface area contributed by atoms with Gasteiger partial charge in [0.25, 0.3) is 0 Å². The van der Waals surface area contributed by atoms with Crippen molar-refractivity contribution in [2.24, 2.45) is 0 Å². The Morgan fingerprint density at radius 1 is 1.33 bits per heavy atom. The fraction of sp³-hybridized carbons (Fsp3) is 0.667. The smallest absolute Gasteiger partial charge is 0.335 e. The second-order valence-corrected chi connectivity index (χ2v) is 2.75. The van der Waals surface area contributed by atoms with Crippen LogP contribution in [0.5, 0.6) is 0 Å². The zero-order valence-electron chi connectivity index (χ0n) is 6.15. The normalized spacial score (nSPS) is 26.9. The lowest BCUT2D eigenvalue weighted by Crippen LogP contribution is -2.54. The molecule has 1 heterocycles. The van der Waals surface area contributed by atoms with Gasteiger partial charge in [0.15, 0.2) is 0 Å². The molecule has 68 valence electrons. The van der Waals surface area contributed by atoms with Crippen molar-refractivity contribution in [1.29, 1.82) is 0 Å². The number of nitrogens with one attached hydrogen (secondary N) is 1. The first-order valence-corrected chi connectivity index (χ1v) is 3.39. The summed E-state index contributed by atoms with van der Waals surface area (Å²) in [7, 11) is 0. The van der Waals surface area contributed by atoms with Crippen LogP contribution in [0.15, 0.2) is 0 Å². The van der Waals surface area contributed by atoms with Crippen LogP contribution in [0.4, 0.5) is 0 Å². The molecule has 0 aromatic rings. The van der Waals surface area contributed by atoms with Gasteiger partial charge < -0.3 is 15.3 Å². The van der Waals surface area contributed by atoms with Crippen LogP contribution in [0.25, 0.3) is 0 Å². The summed E-state index contributed by atoms with van der Waals surface area (Å²) in [5.41, 5.74) is -2.00. The molecule has 0 bridgehead atoms. The van der Waals surface area contributed by atoms with E-state index in [-0.39, 0.29) is 13.0 Å². The Kier molecular flexibility index (Phi) is 2.03. The number of aliphatic carboxylic acids is 2. The Morgan fingerprint density at radius 2 is 1.83 bits per heavy atom. The second-order valence-electron chi connectivity index (χ2n) is 2.75. The minimum atomic E-state index is -2.00. The largest absolute Gasteiger partial charge is 0.479 e. The highest BCUT2D eigenvalue weighted by molar-refractivity contribution is 6.03. The van der Waals surface area contributed by atoms with Crippen molar-refractivity contribution in [3.05, 3.63) is 0 Å². The molecule has 6 heteroatoms. The summed E-state index contributed by atoms with van der Waals surface area (Å²) >= 11 is 0. The Bertz CT molecular complexity index is 212.